The van der Waals surface area contributed by atoms with E-state index < -0.39 is 11.6 Å². The number of Topliss-reactive ketones (excluding diaryl/α,β-unsaturated/α-hetero) is 1. The smallest absolute Gasteiger partial charge is 0.166 e. The van der Waals surface area contributed by atoms with Gasteiger partial charge in [0.25, 0.3) is 0 Å². The lowest BCUT2D eigenvalue weighted by Crippen LogP contribution is -2.23. The molecule has 0 aromatic heterocycles. The second-order valence-electron chi connectivity index (χ2n) is 5.85. The van der Waals surface area contributed by atoms with Crippen LogP contribution in [0.3, 0.4) is 0 Å². The van der Waals surface area contributed by atoms with Crippen LogP contribution in [0.5, 0.6) is 5.75 Å². The molecule has 0 amide bonds. The van der Waals surface area contributed by atoms with Crippen LogP contribution in [0.1, 0.15) is 33.6 Å². The summed E-state index contributed by atoms with van der Waals surface area (Å²) < 4.78 is 19.1. The summed E-state index contributed by atoms with van der Waals surface area (Å²) in [4.78, 5) is 23.6. The third-order valence-electron chi connectivity index (χ3n) is 4.29. The van der Waals surface area contributed by atoms with Crippen molar-refractivity contribution in [1.29, 1.82) is 0 Å². The quantitative estimate of drug-likeness (QED) is 0.688. The van der Waals surface area contributed by atoms with Gasteiger partial charge in [-0.15, -0.1) is 0 Å². The molecule has 124 valence electrons. The summed E-state index contributed by atoms with van der Waals surface area (Å²) in [5.74, 6) is -1.54. The van der Waals surface area contributed by atoms with Gasteiger partial charge in [0.1, 0.15) is 0 Å². The van der Waals surface area contributed by atoms with Gasteiger partial charge in [-0.2, -0.15) is 0 Å². The van der Waals surface area contributed by atoms with Crippen molar-refractivity contribution in [3.8, 4) is 16.9 Å². The van der Waals surface area contributed by atoms with Gasteiger partial charge < -0.3 is 9.84 Å². The number of carbonyl (C=O) groups is 2. The van der Waals surface area contributed by atoms with Crippen molar-refractivity contribution >= 4 is 12.1 Å². The highest BCUT2D eigenvalue weighted by atomic mass is 19.1. The fraction of sp³-hybridized carbons (Fsp3) is 0.263. The van der Waals surface area contributed by atoms with Gasteiger partial charge in [0.15, 0.2) is 23.6 Å². The Kier molecular flexibility index (Phi) is 4.71. The first kappa shape index (κ1) is 16.3. The van der Waals surface area contributed by atoms with Crippen LogP contribution in [0.4, 0.5) is 4.39 Å². The number of carbonyl (C=O) groups excluding carboxylic acids is 2. The molecule has 1 aliphatic heterocycles. The van der Waals surface area contributed by atoms with E-state index in [1.165, 1.54) is 6.07 Å². The van der Waals surface area contributed by atoms with Crippen LogP contribution in [0.25, 0.3) is 11.1 Å². The Morgan fingerprint density at radius 2 is 1.92 bits per heavy atom. The monoisotopic (exact) mass is 328 g/mol. The lowest BCUT2D eigenvalue weighted by atomic mass is 9.89. The number of rotatable bonds is 4. The Labute approximate surface area is 138 Å². The molecule has 4 nitrogen and oxygen atoms in total. The number of ether oxygens (including phenoxy) is 1. The number of phenolic OH excluding ortho intramolecular Hbond substituents is 1. The summed E-state index contributed by atoms with van der Waals surface area (Å²) in [6.07, 6.45) is 1.80. The summed E-state index contributed by atoms with van der Waals surface area (Å²) in [6.45, 7) is 1.17. The SMILES string of the molecule is O=Cc1cc(-c2cccc(C(=O)C3CCOCC3)c2)cc(F)c1O. The van der Waals surface area contributed by atoms with Gasteiger partial charge in [0, 0.05) is 24.7 Å². The molecule has 0 aliphatic carbocycles. The third kappa shape index (κ3) is 3.21. The number of benzene rings is 2. The van der Waals surface area contributed by atoms with Crippen molar-refractivity contribution in [1.82, 2.24) is 0 Å². The van der Waals surface area contributed by atoms with Crippen LogP contribution >= 0.6 is 0 Å². The molecule has 0 radical (unpaired) electrons. The number of ketones is 1. The molecule has 0 bridgehead atoms. The standard InChI is InChI=1S/C19H17FO4/c20-17-10-15(9-16(11-21)19(17)23)13-2-1-3-14(8-13)18(22)12-4-6-24-7-5-12/h1-3,8-12,23H,4-7H2. The molecule has 24 heavy (non-hydrogen) atoms. The Bertz CT molecular complexity index is 779. The summed E-state index contributed by atoms with van der Waals surface area (Å²) in [7, 11) is 0. The van der Waals surface area contributed by atoms with E-state index in [0.717, 1.165) is 6.07 Å². The van der Waals surface area contributed by atoms with Crippen LogP contribution in [-0.4, -0.2) is 30.4 Å². The van der Waals surface area contributed by atoms with Crippen molar-refractivity contribution in [3.63, 3.8) is 0 Å². The van der Waals surface area contributed by atoms with E-state index in [1.807, 2.05) is 0 Å². The fourth-order valence-corrected chi connectivity index (χ4v) is 2.92. The molecular weight excluding hydrogens is 311 g/mol. The molecule has 1 heterocycles. The van der Waals surface area contributed by atoms with Crippen molar-refractivity contribution < 1.29 is 23.8 Å². The molecule has 0 atom stereocenters. The van der Waals surface area contributed by atoms with E-state index in [-0.39, 0.29) is 17.3 Å². The number of aromatic hydroxyl groups is 1. The van der Waals surface area contributed by atoms with Crippen LogP contribution in [0.2, 0.25) is 0 Å². The summed E-state index contributed by atoms with van der Waals surface area (Å²) >= 11 is 0. The van der Waals surface area contributed by atoms with Gasteiger partial charge >= 0.3 is 0 Å². The maximum Gasteiger partial charge on any atom is 0.166 e. The first-order chi connectivity index (χ1) is 11.6. The molecule has 3 rings (SSSR count). The summed E-state index contributed by atoms with van der Waals surface area (Å²) in [5, 5.41) is 9.51. The normalized spacial score (nSPS) is 15.2. The molecule has 1 N–H and O–H groups in total. The van der Waals surface area contributed by atoms with E-state index in [2.05, 4.69) is 0 Å². The molecule has 0 unspecified atom stereocenters. The second kappa shape index (κ2) is 6.93. The second-order valence-corrected chi connectivity index (χ2v) is 5.85. The van der Waals surface area contributed by atoms with E-state index in [4.69, 9.17) is 4.74 Å². The van der Waals surface area contributed by atoms with Crippen LogP contribution in [0.15, 0.2) is 36.4 Å². The summed E-state index contributed by atoms with van der Waals surface area (Å²) in [5.41, 5.74) is 1.50. The molecule has 0 spiro atoms. The Morgan fingerprint density at radius 1 is 1.17 bits per heavy atom. The molecule has 1 aliphatic rings. The van der Waals surface area contributed by atoms with Crippen LogP contribution in [0, 0.1) is 11.7 Å². The van der Waals surface area contributed by atoms with Gasteiger partial charge in [0.05, 0.1) is 5.56 Å². The Hall–Kier alpha value is -2.53. The molecule has 5 heteroatoms. The summed E-state index contributed by atoms with van der Waals surface area (Å²) in [6, 6.07) is 9.45. The highest BCUT2D eigenvalue weighted by Gasteiger charge is 2.23. The lowest BCUT2D eigenvalue weighted by Gasteiger charge is -2.21. The number of aldehydes is 1. The highest BCUT2D eigenvalue weighted by Crippen LogP contribution is 2.29. The van der Waals surface area contributed by atoms with Crippen molar-refractivity contribution in [2.24, 2.45) is 5.92 Å². The predicted molar refractivity (Wildman–Crippen MR) is 86.8 cm³/mol. The highest BCUT2D eigenvalue weighted by molar-refractivity contribution is 5.99. The van der Waals surface area contributed by atoms with Gasteiger partial charge in [-0.3, -0.25) is 9.59 Å². The number of hydrogen-bond acceptors (Lipinski definition) is 4. The number of halogens is 1. The maximum absolute atomic E-state index is 13.8. The van der Waals surface area contributed by atoms with E-state index in [1.54, 1.807) is 24.3 Å². The topological polar surface area (TPSA) is 63.6 Å². The number of hydrogen-bond donors (Lipinski definition) is 1. The number of phenols is 1. The minimum absolute atomic E-state index is 0.0509. The van der Waals surface area contributed by atoms with Crippen LogP contribution < -0.4 is 0 Å². The van der Waals surface area contributed by atoms with Gasteiger partial charge in [-0.25, -0.2) is 4.39 Å². The predicted octanol–water partition coefficient (Wildman–Crippen LogP) is 3.62. The van der Waals surface area contributed by atoms with Crippen molar-refractivity contribution in [2.45, 2.75) is 12.8 Å². The largest absolute Gasteiger partial charge is 0.504 e. The van der Waals surface area contributed by atoms with E-state index in [9.17, 15) is 19.1 Å². The zero-order valence-electron chi connectivity index (χ0n) is 13.0. The van der Waals surface area contributed by atoms with Gasteiger partial charge in [-0.1, -0.05) is 18.2 Å². The van der Waals surface area contributed by atoms with Crippen molar-refractivity contribution in [2.75, 3.05) is 13.2 Å². The average molecular weight is 328 g/mol. The van der Waals surface area contributed by atoms with E-state index in [0.29, 0.717) is 49.0 Å². The molecule has 2 aromatic rings. The average Bonchev–Trinajstić information content (AvgIpc) is 2.64. The molecular formula is C19H17FO4. The third-order valence-corrected chi connectivity index (χ3v) is 4.29. The van der Waals surface area contributed by atoms with Crippen LogP contribution in [-0.2, 0) is 4.74 Å². The minimum atomic E-state index is -0.865. The first-order valence-corrected chi connectivity index (χ1v) is 7.80. The van der Waals surface area contributed by atoms with Crippen molar-refractivity contribution in [3.05, 3.63) is 53.3 Å². The van der Waals surface area contributed by atoms with Gasteiger partial charge in [-0.05, 0) is 42.2 Å². The maximum atomic E-state index is 13.8. The van der Waals surface area contributed by atoms with E-state index >= 15 is 0 Å². The Balaban J connectivity index is 1.94. The molecule has 0 saturated carbocycles. The molecule has 1 fully saturated rings. The zero-order chi connectivity index (χ0) is 17.1. The first-order valence-electron chi connectivity index (χ1n) is 7.80. The van der Waals surface area contributed by atoms with Gasteiger partial charge in [0.2, 0.25) is 0 Å². The molecule has 2 aromatic carbocycles. The fourth-order valence-electron chi connectivity index (χ4n) is 2.92. The minimum Gasteiger partial charge on any atom is -0.504 e. The zero-order valence-corrected chi connectivity index (χ0v) is 13.0. The Morgan fingerprint density at radius 3 is 2.62 bits per heavy atom. The lowest BCUT2D eigenvalue weighted by molar-refractivity contribution is 0.0545. The molecule has 1 saturated heterocycles.